The number of β-amino-alcohol motifs (C(OH)–C–C–N with tert-alkyl or cyclic N) is 1. The molecule has 0 spiro atoms. The highest BCUT2D eigenvalue weighted by molar-refractivity contribution is 6.33. The van der Waals surface area contributed by atoms with Gasteiger partial charge >= 0.3 is 5.69 Å². The van der Waals surface area contributed by atoms with Gasteiger partial charge in [0.05, 0.1) is 22.2 Å². The number of para-hydroxylation sites is 1. The van der Waals surface area contributed by atoms with Crippen molar-refractivity contribution in [2.24, 2.45) is 0 Å². The summed E-state index contributed by atoms with van der Waals surface area (Å²) in [4.78, 5) is 41.4. The maximum atomic E-state index is 13.9. The van der Waals surface area contributed by atoms with Crippen LogP contribution in [0.1, 0.15) is 31.9 Å². The molecule has 0 unspecified atom stereocenters. The number of piperazine rings is 1. The highest BCUT2D eigenvalue weighted by atomic mass is 35.5. The van der Waals surface area contributed by atoms with Crippen molar-refractivity contribution < 1.29 is 9.90 Å². The van der Waals surface area contributed by atoms with Crippen LogP contribution in [0.15, 0.2) is 41.7 Å². The van der Waals surface area contributed by atoms with E-state index in [1.54, 1.807) is 9.47 Å². The van der Waals surface area contributed by atoms with E-state index in [1.807, 2.05) is 36.1 Å². The maximum Gasteiger partial charge on any atom is 0.355 e. The monoisotopic (exact) mass is 536 g/mol. The van der Waals surface area contributed by atoms with E-state index in [1.165, 1.54) is 6.08 Å². The first kappa shape index (κ1) is 26.2. The predicted molar refractivity (Wildman–Crippen MR) is 151 cm³/mol. The van der Waals surface area contributed by atoms with Gasteiger partial charge in [-0.05, 0) is 43.0 Å². The normalized spacial score (nSPS) is 18.1. The molecular weight excluding hydrogens is 504 g/mol. The summed E-state index contributed by atoms with van der Waals surface area (Å²) in [6, 6.07) is 7.81. The lowest BCUT2D eigenvalue weighted by molar-refractivity contribution is -0.126. The number of aryl methyl sites for hydroxylation is 2. The number of nitrogens with zero attached hydrogens (tertiary/aromatic N) is 6. The van der Waals surface area contributed by atoms with Crippen LogP contribution in [0.4, 0.5) is 11.6 Å². The molecule has 10 heteroatoms. The van der Waals surface area contributed by atoms with Crippen molar-refractivity contribution in [3.8, 4) is 5.69 Å². The number of rotatable bonds is 6. The van der Waals surface area contributed by atoms with Crippen LogP contribution in [-0.4, -0.2) is 75.3 Å². The standard InChI is InChI=1S/C28H33ClN6O3/c1-5-18-9-8-10-19(6-2)24(18)35-26-21(13-22(29)27(30-26)33-15-20(36)16-33)25(31-28(35)38)34-12-11-32(14-17(34)4)23(37)7-3/h7-10,13,17,20,36H,3,5-6,11-12,14-16H2,1-2,4H3/t17-/m0/s1. The summed E-state index contributed by atoms with van der Waals surface area (Å²) in [5.41, 5.74) is 2.94. The lowest BCUT2D eigenvalue weighted by atomic mass is 10.0. The largest absolute Gasteiger partial charge is 0.389 e. The summed E-state index contributed by atoms with van der Waals surface area (Å²) in [6.07, 6.45) is 2.38. The molecule has 3 aromatic rings. The highest BCUT2D eigenvalue weighted by Crippen LogP contribution is 2.36. The number of hydrogen-bond acceptors (Lipinski definition) is 7. The van der Waals surface area contributed by atoms with Gasteiger partial charge < -0.3 is 19.8 Å². The minimum Gasteiger partial charge on any atom is -0.389 e. The first-order valence-corrected chi connectivity index (χ1v) is 13.5. The summed E-state index contributed by atoms with van der Waals surface area (Å²) in [6.45, 7) is 12.1. The lowest BCUT2D eigenvalue weighted by Crippen LogP contribution is -2.54. The second-order valence-electron chi connectivity index (χ2n) is 9.94. The van der Waals surface area contributed by atoms with Crippen molar-refractivity contribution in [3.05, 3.63) is 63.6 Å². The van der Waals surface area contributed by atoms with Crippen molar-refractivity contribution in [1.82, 2.24) is 19.4 Å². The molecule has 2 saturated heterocycles. The third-order valence-electron chi connectivity index (χ3n) is 7.52. The Morgan fingerprint density at radius 3 is 2.39 bits per heavy atom. The second kappa shape index (κ2) is 10.4. The molecule has 0 radical (unpaired) electrons. The Morgan fingerprint density at radius 2 is 1.82 bits per heavy atom. The number of amides is 1. The molecule has 0 bridgehead atoms. The Morgan fingerprint density at radius 1 is 1.13 bits per heavy atom. The predicted octanol–water partition coefficient (Wildman–Crippen LogP) is 2.96. The van der Waals surface area contributed by atoms with Gasteiger partial charge in [0, 0.05) is 38.8 Å². The Balaban J connectivity index is 1.74. The molecule has 9 nitrogen and oxygen atoms in total. The molecule has 2 aliphatic heterocycles. The first-order chi connectivity index (χ1) is 18.3. The molecule has 2 aromatic heterocycles. The van der Waals surface area contributed by atoms with E-state index in [2.05, 4.69) is 30.3 Å². The van der Waals surface area contributed by atoms with Crippen LogP contribution in [0.2, 0.25) is 5.02 Å². The molecule has 200 valence electrons. The van der Waals surface area contributed by atoms with Crippen LogP contribution >= 0.6 is 11.6 Å². The van der Waals surface area contributed by atoms with E-state index in [0.717, 1.165) is 29.7 Å². The van der Waals surface area contributed by atoms with Crippen molar-refractivity contribution in [3.63, 3.8) is 0 Å². The number of benzene rings is 1. The van der Waals surface area contributed by atoms with Crippen LogP contribution in [0.25, 0.3) is 16.7 Å². The molecule has 1 N–H and O–H groups in total. The van der Waals surface area contributed by atoms with Crippen molar-refractivity contribution >= 4 is 40.2 Å². The van der Waals surface area contributed by atoms with Gasteiger partial charge in [0.1, 0.15) is 11.6 Å². The van der Waals surface area contributed by atoms with Gasteiger partial charge in [-0.15, -0.1) is 0 Å². The third-order valence-corrected chi connectivity index (χ3v) is 7.80. The van der Waals surface area contributed by atoms with Crippen LogP contribution in [0.5, 0.6) is 0 Å². The number of fused-ring (bicyclic) bond motifs is 1. The number of carbonyl (C=O) groups excluding carboxylic acids is 1. The number of aliphatic hydroxyl groups excluding tert-OH is 1. The maximum absolute atomic E-state index is 13.9. The van der Waals surface area contributed by atoms with E-state index in [4.69, 9.17) is 16.6 Å². The minimum atomic E-state index is -0.429. The summed E-state index contributed by atoms with van der Waals surface area (Å²) in [5, 5.41) is 11.0. The molecule has 1 amide bonds. The molecule has 2 aliphatic rings. The fraction of sp³-hybridized carbons (Fsp3) is 0.429. The average molecular weight is 537 g/mol. The molecular formula is C28H33ClN6O3. The van der Waals surface area contributed by atoms with Gasteiger partial charge in [0.2, 0.25) is 5.91 Å². The van der Waals surface area contributed by atoms with E-state index in [9.17, 15) is 14.7 Å². The van der Waals surface area contributed by atoms with Crippen LogP contribution in [0.3, 0.4) is 0 Å². The van der Waals surface area contributed by atoms with Crippen LogP contribution in [-0.2, 0) is 17.6 Å². The zero-order chi connectivity index (χ0) is 27.1. The van der Waals surface area contributed by atoms with Crippen molar-refractivity contribution in [1.29, 1.82) is 0 Å². The fourth-order valence-electron chi connectivity index (χ4n) is 5.47. The topological polar surface area (TPSA) is 94.8 Å². The van der Waals surface area contributed by atoms with Crippen molar-refractivity contribution in [2.45, 2.75) is 45.8 Å². The SMILES string of the molecule is C=CC(=O)N1CCN(c2nc(=O)n(-c3c(CC)cccc3CC)c3nc(N4CC(O)C4)c(Cl)cc23)[C@@H](C)C1. The van der Waals surface area contributed by atoms with Crippen molar-refractivity contribution in [2.75, 3.05) is 42.5 Å². The van der Waals surface area contributed by atoms with E-state index >= 15 is 0 Å². The summed E-state index contributed by atoms with van der Waals surface area (Å²) in [5.74, 6) is 0.936. The van der Waals surface area contributed by atoms with E-state index < -0.39 is 11.8 Å². The molecule has 1 atom stereocenters. The summed E-state index contributed by atoms with van der Waals surface area (Å²) >= 11 is 6.76. The molecule has 0 saturated carbocycles. The van der Waals surface area contributed by atoms with Gasteiger partial charge in [0.15, 0.2) is 5.65 Å². The third kappa shape index (κ3) is 4.43. The number of carbonyl (C=O) groups is 1. The van der Waals surface area contributed by atoms with Gasteiger partial charge in [-0.1, -0.05) is 50.2 Å². The Bertz CT molecular complexity index is 1440. The van der Waals surface area contributed by atoms with Gasteiger partial charge in [0.25, 0.3) is 0 Å². The number of pyridine rings is 1. The van der Waals surface area contributed by atoms with Gasteiger partial charge in [-0.2, -0.15) is 4.98 Å². The number of anilines is 2. The molecule has 4 heterocycles. The number of aliphatic hydroxyl groups is 1. The Kier molecular flexibility index (Phi) is 7.15. The molecule has 0 aliphatic carbocycles. The van der Waals surface area contributed by atoms with Crippen LogP contribution in [0, 0.1) is 0 Å². The second-order valence-corrected chi connectivity index (χ2v) is 10.3. The van der Waals surface area contributed by atoms with E-state index in [0.29, 0.717) is 60.4 Å². The van der Waals surface area contributed by atoms with Crippen LogP contribution < -0.4 is 15.5 Å². The molecule has 5 rings (SSSR count). The zero-order valence-corrected chi connectivity index (χ0v) is 22.8. The summed E-state index contributed by atoms with van der Waals surface area (Å²) < 4.78 is 1.62. The van der Waals surface area contributed by atoms with E-state index in [-0.39, 0.29) is 11.9 Å². The zero-order valence-electron chi connectivity index (χ0n) is 22.0. The Hall–Kier alpha value is -3.43. The highest BCUT2D eigenvalue weighted by Gasteiger charge is 2.32. The quantitative estimate of drug-likeness (QED) is 0.484. The first-order valence-electron chi connectivity index (χ1n) is 13.1. The lowest BCUT2D eigenvalue weighted by Gasteiger charge is -2.41. The fourth-order valence-corrected chi connectivity index (χ4v) is 5.74. The molecule has 2 fully saturated rings. The minimum absolute atomic E-state index is 0.0864. The number of halogens is 1. The number of aromatic nitrogens is 3. The smallest absolute Gasteiger partial charge is 0.355 e. The average Bonchev–Trinajstić information content (AvgIpc) is 2.90. The number of hydrogen-bond donors (Lipinski definition) is 1. The molecule has 1 aromatic carbocycles. The Labute approximate surface area is 227 Å². The van der Waals surface area contributed by atoms with Gasteiger partial charge in [-0.3, -0.25) is 4.79 Å². The molecule has 38 heavy (non-hydrogen) atoms. The van der Waals surface area contributed by atoms with Gasteiger partial charge in [-0.25, -0.2) is 14.3 Å². The summed E-state index contributed by atoms with van der Waals surface area (Å²) in [7, 11) is 0.